The molecule has 0 spiro atoms. The fourth-order valence-corrected chi connectivity index (χ4v) is 2.16. The van der Waals surface area contributed by atoms with Gasteiger partial charge in [-0.25, -0.2) is 0 Å². The van der Waals surface area contributed by atoms with Crippen molar-refractivity contribution in [1.29, 1.82) is 0 Å². The highest BCUT2D eigenvalue weighted by molar-refractivity contribution is 5.85. The van der Waals surface area contributed by atoms with E-state index < -0.39 is 0 Å². The molecule has 6 nitrogen and oxygen atoms in total. The number of nitrogens with zero attached hydrogens (tertiary/aromatic N) is 5. The zero-order valence-corrected chi connectivity index (χ0v) is 10.9. The van der Waals surface area contributed by atoms with Gasteiger partial charge in [-0.1, -0.05) is 0 Å². The van der Waals surface area contributed by atoms with Crippen LogP contribution < -0.4 is 5.32 Å². The summed E-state index contributed by atoms with van der Waals surface area (Å²) in [6.45, 7) is 3.83. The molecule has 98 valence electrons. The van der Waals surface area contributed by atoms with Gasteiger partial charge in [-0.15, -0.1) is 22.6 Å². The Morgan fingerprint density at radius 3 is 3.06 bits per heavy atom. The van der Waals surface area contributed by atoms with Crippen LogP contribution in [0.4, 0.5) is 0 Å². The summed E-state index contributed by atoms with van der Waals surface area (Å²) in [5.74, 6) is 2.17. The van der Waals surface area contributed by atoms with Crippen LogP contribution >= 0.6 is 12.4 Å². The van der Waals surface area contributed by atoms with Gasteiger partial charge in [0.2, 0.25) is 0 Å². The second-order valence-electron chi connectivity index (χ2n) is 4.20. The molecule has 3 heterocycles. The minimum absolute atomic E-state index is 0. The summed E-state index contributed by atoms with van der Waals surface area (Å²) in [6.07, 6.45) is 5.62. The molecule has 18 heavy (non-hydrogen) atoms. The van der Waals surface area contributed by atoms with Gasteiger partial charge in [0.15, 0.2) is 0 Å². The van der Waals surface area contributed by atoms with E-state index in [0.717, 1.165) is 50.7 Å². The third kappa shape index (κ3) is 2.70. The standard InChI is InChI=1S/C11H16N6.ClH/c1-4-13-16(7-1)8-3-11-15-14-10-2-5-12-6-9-17(10)11;/h1,4,7,12H,2-3,5-6,8-9H2;1H. The van der Waals surface area contributed by atoms with E-state index in [-0.39, 0.29) is 12.4 Å². The molecule has 2 aromatic heterocycles. The van der Waals surface area contributed by atoms with E-state index in [1.165, 1.54) is 0 Å². The molecular weight excluding hydrogens is 252 g/mol. The average Bonchev–Trinajstić information content (AvgIpc) is 2.92. The van der Waals surface area contributed by atoms with Crippen LogP contribution in [-0.4, -0.2) is 37.6 Å². The van der Waals surface area contributed by atoms with E-state index in [4.69, 9.17) is 0 Å². The van der Waals surface area contributed by atoms with Gasteiger partial charge in [-0.2, -0.15) is 5.10 Å². The van der Waals surface area contributed by atoms with Gasteiger partial charge < -0.3 is 9.88 Å². The summed E-state index contributed by atoms with van der Waals surface area (Å²) < 4.78 is 4.17. The SMILES string of the molecule is Cl.c1cnn(CCc2nnc3n2CCNCC3)c1. The Morgan fingerprint density at radius 2 is 2.22 bits per heavy atom. The van der Waals surface area contributed by atoms with Crippen molar-refractivity contribution in [1.82, 2.24) is 29.9 Å². The zero-order valence-electron chi connectivity index (χ0n) is 10.1. The number of aryl methyl sites for hydroxylation is 2. The van der Waals surface area contributed by atoms with Gasteiger partial charge >= 0.3 is 0 Å². The van der Waals surface area contributed by atoms with Crippen LogP contribution in [0.5, 0.6) is 0 Å². The summed E-state index contributed by atoms with van der Waals surface area (Å²) in [5, 5.41) is 16.1. The maximum absolute atomic E-state index is 4.28. The van der Waals surface area contributed by atoms with Crippen molar-refractivity contribution in [3.63, 3.8) is 0 Å². The fraction of sp³-hybridized carbons (Fsp3) is 0.545. The molecule has 1 N–H and O–H groups in total. The highest BCUT2D eigenvalue weighted by Gasteiger charge is 2.13. The molecule has 0 saturated carbocycles. The Kier molecular flexibility index (Phi) is 4.33. The van der Waals surface area contributed by atoms with Crippen LogP contribution in [0.1, 0.15) is 11.6 Å². The number of nitrogens with one attached hydrogen (secondary N) is 1. The first kappa shape index (κ1) is 13.0. The number of halogens is 1. The van der Waals surface area contributed by atoms with E-state index in [1.807, 2.05) is 16.9 Å². The quantitative estimate of drug-likeness (QED) is 0.869. The highest BCUT2D eigenvalue weighted by Crippen LogP contribution is 2.06. The highest BCUT2D eigenvalue weighted by atomic mass is 35.5. The van der Waals surface area contributed by atoms with Gasteiger partial charge in [0.1, 0.15) is 11.6 Å². The van der Waals surface area contributed by atoms with Crippen LogP contribution in [-0.2, 0) is 25.9 Å². The smallest absolute Gasteiger partial charge is 0.134 e. The first-order chi connectivity index (χ1) is 8.43. The van der Waals surface area contributed by atoms with Crippen LogP contribution in [0, 0.1) is 0 Å². The maximum Gasteiger partial charge on any atom is 0.134 e. The van der Waals surface area contributed by atoms with E-state index >= 15 is 0 Å². The summed E-state index contributed by atoms with van der Waals surface area (Å²) in [7, 11) is 0. The summed E-state index contributed by atoms with van der Waals surface area (Å²) in [6, 6.07) is 1.94. The lowest BCUT2D eigenvalue weighted by Crippen LogP contribution is -2.18. The normalized spacial score (nSPS) is 14.7. The molecule has 0 saturated heterocycles. The second kappa shape index (κ2) is 5.97. The minimum atomic E-state index is 0. The lowest BCUT2D eigenvalue weighted by Gasteiger charge is -2.06. The Morgan fingerprint density at radius 1 is 1.28 bits per heavy atom. The van der Waals surface area contributed by atoms with E-state index in [0.29, 0.717) is 0 Å². The topological polar surface area (TPSA) is 60.6 Å². The fourth-order valence-electron chi connectivity index (χ4n) is 2.16. The Labute approximate surface area is 112 Å². The number of aromatic nitrogens is 5. The molecule has 3 rings (SSSR count). The summed E-state index contributed by atoms with van der Waals surface area (Å²) in [5.41, 5.74) is 0. The number of fused-ring (bicyclic) bond motifs is 1. The molecular formula is C11H17ClN6. The Balaban J connectivity index is 0.00000120. The minimum Gasteiger partial charge on any atom is -0.315 e. The molecule has 1 aliphatic heterocycles. The van der Waals surface area contributed by atoms with Crippen molar-refractivity contribution in [3.8, 4) is 0 Å². The third-order valence-corrected chi connectivity index (χ3v) is 3.07. The predicted octanol–water partition coefficient (Wildman–Crippen LogP) is 0.285. The van der Waals surface area contributed by atoms with Crippen molar-refractivity contribution in [2.45, 2.75) is 25.9 Å². The molecule has 0 aromatic carbocycles. The van der Waals surface area contributed by atoms with E-state index in [2.05, 4.69) is 25.2 Å². The maximum atomic E-state index is 4.28. The third-order valence-electron chi connectivity index (χ3n) is 3.07. The average molecular weight is 269 g/mol. The van der Waals surface area contributed by atoms with Gasteiger partial charge in [0.05, 0.1) is 0 Å². The van der Waals surface area contributed by atoms with Crippen LogP contribution in [0.2, 0.25) is 0 Å². The Hall–Kier alpha value is -1.40. The lowest BCUT2D eigenvalue weighted by atomic mass is 10.3. The van der Waals surface area contributed by atoms with E-state index in [9.17, 15) is 0 Å². The van der Waals surface area contributed by atoms with Crippen LogP contribution in [0.15, 0.2) is 18.5 Å². The van der Waals surface area contributed by atoms with Crippen LogP contribution in [0.3, 0.4) is 0 Å². The largest absolute Gasteiger partial charge is 0.315 e. The molecule has 0 bridgehead atoms. The van der Waals surface area contributed by atoms with E-state index in [1.54, 1.807) is 6.20 Å². The van der Waals surface area contributed by atoms with Gasteiger partial charge in [0.25, 0.3) is 0 Å². The first-order valence-electron chi connectivity index (χ1n) is 6.02. The van der Waals surface area contributed by atoms with Crippen molar-refractivity contribution in [2.24, 2.45) is 0 Å². The Bertz CT molecular complexity index is 478. The molecule has 0 unspecified atom stereocenters. The van der Waals surface area contributed by atoms with Gasteiger partial charge in [0, 0.05) is 51.4 Å². The van der Waals surface area contributed by atoms with Crippen LogP contribution in [0.25, 0.3) is 0 Å². The number of hydrogen-bond donors (Lipinski definition) is 1. The first-order valence-corrected chi connectivity index (χ1v) is 6.02. The molecule has 1 aliphatic rings. The molecule has 2 aromatic rings. The monoisotopic (exact) mass is 268 g/mol. The second-order valence-corrected chi connectivity index (χ2v) is 4.20. The molecule has 0 atom stereocenters. The molecule has 7 heteroatoms. The lowest BCUT2D eigenvalue weighted by molar-refractivity contribution is 0.562. The van der Waals surface area contributed by atoms with Crippen molar-refractivity contribution in [2.75, 3.05) is 13.1 Å². The zero-order chi connectivity index (χ0) is 11.5. The predicted molar refractivity (Wildman–Crippen MR) is 69.8 cm³/mol. The summed E-state index contributed by atoms with van der Waals surface area (Å²) >= 11 is 0. The molecule has 0 fully saturated rings. The van der Waals surface area contributed by atoms with Gasteiger partial charge in [-0.3, -0.25) is 4.68 Å². The number of hydrogen-bond acceptors (Lipinski definition) is 4. The van der Waals surface area contributed by atoms with Crippen molar-refractivity contribution >= 4 is 12.4 Å². The van der Waals surface area contributed by atoms with Crippen molar-refractivity contribution < 1.29 is 0 Å². The number of rotatable bonds is 3. The van der Waals surface area contributed by atoms with Crippen molar-refractivity contribution in [3.05, 3.63) is 30.1 Å². The van der Waals surface area contributed by atoms with Gasteiger partial charge in [-0.05, 0) is 6.07 Å². The molecule has 0 radical (unpaired) electrons. The molecule has 0 amide bonds. The summed E-state index contributed by atoms with van der Waals surface area (Å²) in [4.78, 5) is 0. The molecule has 0 aliphatic carbocycles.